The van der Waals surface area contributed by atoms with Crippen molar-refractivity contribution in [3.63, 3.8) is 0 Å². The van der Waals surface area contributed by atoms with Crippen LogP contribution in [0.3, 0.4) is 0 Å². The zero-order chi connectivity index (χ0) is 21.1. The predicted octanol–water partition coefficient (Wildman–Crippen LogP) is 5.26. The smallest absolute Gasteiger partial charge is 0.255 e. The molecule has 2 aromatic heterocycles. The fraction of sp³-hybridized carbons (Fsp3) is 0.217. The van der Waals surface area contributed by atoms with Gasteiger partial charge in [0.05, 0.1) is 12.7 Å². The number of halogens is 1. The van der Waals surface area contributed by atoms with E-state index >= 15 is 0 Å². The topological polar surface area (TPSA) is 71.5 Å². The number of furan rings is 1. The molecule has 1 N–H and O–H groups in total. The highest BCUT2D eigenvalue weighted by Gasteiger charge is 2.14. The number of aryl methyl sites for hydroxylation is 1. The van der Waals surface area contributed by atoms with Gasteiger partial charge in [-0.15, -0.1) is 0 Å². The number of anilines is 1. The maximum atomic E-state index is 12.6. The molecular weight excluding hydrogens is 493 g/mol. The number of carbonyl (C=O) groups excluding carboxylic acids is 1. The SMILES string of the molecule is Cc1oc2ccc(NC(=O)c3cccc(I)c3)cc2c1CCN(C)Cc1cnco1. The molecule has 30 heavy (non-hydrogen) atoms. The predicted molar refractivity (Wildman–Crippen MR) is 125 cm³/mol. The quantitative estimate of drug-likeness (QED) is 0.340. The maximum absolute atomic E-state index is 12.6. The van der Waals surface area contributed by atoms with Crippen molar-refractivity contribution in [1.29, 1.82) is 0 Å². The molecule has 0 fully saturated rings. The second-order valence-electron chi connectivity index (χ2n) is 7.27. The Balaban J connectivity index is 1.50. The molecule has 2 aromatic carbocycles. The lowest BCUT2D eigenvalue weighted by Gasteiger charge is -2.14. The van der Waals surface area contributed by atoms with Gasteiger partial charge in [-0.1, -0.05) is 6.07 Å². The highest BCUT2D eigenvalue weighted by atomic mass is 127. The second-order valence-corrected chi connectivity index (χ2v) is 8.51. The van der Waals surface area contributed by atoms with Crippen LogP contribution < -0.4 is 5.32 Å². The molecule has 0 spiro atoms. The van der Waals surface area contributed by atoms with E-state index in [2.05, 4.69) is 37.8 Å². The van der Waals surface area contributed by atoms with Crippen molar-refractivity contribution in [2.75, 3.05) is 18.9 Å². The van der Waals surface area contributed by atoms with Crippen LogP contribution in [0.2, 0.25) is 0 Å². The Morgan fingerprint density at radius 3 is 2.87 bits per heavy atom. The van der Waals surface area contributed by atoms with Crippen LogP contribution in [0, 0.1) is 10.5 Å². The summed E-state index contributed by atoms with van der Waals surface area (Å²) in [6, 6.07) is 13.3. The summed E-state index contributed by atoms with van der Waals surface area (Å²) in [5.74, 6) is 1.62. The molecule has 154 valence electrons. The Morgan fingerprint density at radius 2 is 2.10 bits per heavy atom. The Morgan fingerprint density at radius 1 is 1.23 bits per heavy atom. The number of rotatable bonds is 7. The molecule has 6 nitrogen and oxygen atoms in total. The van der Waals surface area contributed by atoms with Crippen molar-refractivity contribution in [3.05, 3.63) is 81.3 Å². The summed E-state index contributed by atoms with van der Waals surface area (Å²) in [7, 11) is 2.05. The van der Waals surface area contributed by atoms with E-state index in [4.69, 9.17) is 8.83 Å². The minimum Gasteiger partial charge on any atom is -0.461 e. The van der Waals surface area contributed by atoms with E-state index < -0.39 is 0 Å². The van der Waals surface area contributed by atoms with Gasteiger partial charge in [-0.25, -0.2) is 4.98 Å². The first-order valence-electron chi connectivity index (χ1n) is 9.64. The maximum Gasteiger partial charge on any atom is 0.255 e. The number of nitrogens with zero attached hydrogens (tertiary/aromatic N) is 2. The number of benzene rings is 2. The minimum atomic E-state index is -0.124. The molecule has 0 aliphatic carbocycles. The molecule has 0 saturated heterocycles. The summed E-state index contributed by atoms with van der Waals surface area (Å²) >= 11 is 2.20. The Bertz CT molecular complexity index is 1170. The van der Waals surface area contributed by atoms with Gasteiger partial charge in [-0.2, -0.15) is 0 Å². The molecule has 0 unspecified atom stereocenters. The molecule has 4 aromatic rings. The number of hydrogen-bond donors (Lipinski definition) is 1. The van der Waals surface area contributed by atoms with Crippen LogP contribution in [-0.4, -0.2) is 29.4 Å². The van der Waals surface area contributed by atoms with Gasteiger partial charge in [0, 0.05) is 32.3 Å². The van der Waals surface area contributed by atoms with Crippen molar-refractivity contribution < 1.29 is 13.6 Å². The van der Waals surface area contributed by atoms with Crippen molar-refractivity contribution >= 4 is 45.2 Å². The van der Waals surface area contributed by atoms with Crippen molar-refractivity contribution in [2.24, 2.45) is 0 Å². The number of hydrogen-bond acceptors (Lipinski definition) is 5. The molecule has 0 saturated carbocycles. The van der Waals surface area contributed by atoms with Gasteiger partial charge >= 0.3 is 0 Å². The largest absolute Gasteiger partial charge is 0.461 e. The van der Waals surface area contributed by atoms with Gasteiger partial charge in [-0.3, -0.25) is 9.69 Å². The third kappa shape index (κ3) is 4.73. The molecule has 4 rings (SSSR count). The molecule has 0 aliphatic rings. The molecular formula is C23H22IN3O3. The van der Waals surface area contributed by atoms with Crippen LogP contribution in [0.5, 0.6) is 0 Å². The fourth-order valence-electron chi connectivity index (χ4n) is 3.46. The lowest BCUT2D eigenvalue weighted by molar-refractivity contribution is 0.102. The van der Waals surface area contributed by atoms with Gasteiger partial charge in [0.15, 0.2) is 6.39 Å². The molecule has 0 radical (unpaired) electrons. The zero-order valence-corrected chi connectivity index (χ0v) is 19.0. The van der Waals surface area contributed by atoms with Gasteiger partial charge in [-0.05, 0) is 79.4 Å². The van der Waals surface area contributed by atoms with Crippen molar-refractivity contribution in [1.82, 2.24) is 9.88 Å². The summed E-state index contributed by atoms with van der Waals surface area (Å²) in [6.07, 6.45) is 4.01. The Kier molecular flexibility index (Phi) is 6.19. The van der Waals surface area contributed by atoms with Gasteiger partial charge in [0.2, 0.25) is 0 Å². The number of oxazole rings is 1. The standard InChI is InChI=1S/C23H22IN3O3/c1-15-20(8-9-27(2)13-19-12-25-14-29-19)21-11-18(6-7-22(21)30-15)26-23(28)16-4-3-5-17(24)10-16/h3-7,10-12,14H,8-9,13H2,1-2H3,(H,26,28). The van der Waals surface area contributed by atoms with E-state index in [1.807, 2.05) is 56.4 Å². The van der Waals surface area contributed by atoms with Crippen LogP contribution in [-0.2, 0) is 13.0 Å². The Labute approximate surface area is 188 Å². The number of carbonyl (C=O) groups is 1. The highest BCUT2D eigenvalue weighted by molar-refractivity contribution is 14.1. The van der Waals surface area contributed by atoms with E-state index in [1.54, 1.807) is 6.20 Å². The van der Waals surface area contributed by atoms with E-state index in [1.165, 1.54) is 6.39 Å². The van der Waals surface area contributed by atoms with E-state index in [9.17, 15) is 4.79 Å². The molecule has 0 bridgehead atoms. The monoisotopic (exact) mass is 515 g/mol. The Hall–Kier alpha value is -2.65. The van der Waals surface area contributed by atoms with Crippen LogP contribution >= 0.6 is 22.6 Å². The van der Waals surface area contributed by atoms with Crippen molar-refractivity contribution in [3.8, 4) is 0 Å². The van der Waals surface area contributed by atoms with Crippen LogP contribution in [0.4, 0.5) is 5.69 Å². The fourth-order valence-corrected chi connectivity index (χ4v) is 4.00. The number of nitrogens with one attached hydrogen (secondary N) is 1. The third-order valence-electron chi connectivity index (χ3n) is 4.99. The number of amides is 1. The first kappa shape index (κ1) is 20.6. The minimum absolute atomic E-state index is 0.124. The second kappa shape index (κ2) is 9.01. The number of fused-ring (bicyclic) bond motifs is 1. The number of aromatic nitrogens is 1. The van der Waals surface area contributed by atoms with Gasteiger partial charge in [0.1, 0.15) is 17.1 Å². The lowest BCUT2D eigenvalue weighted by atomic mass is 10.1. The van der Waals surface area contributed by atoms with Gasteiger partial charge in [0.25, 0.3) is 5.91 Å². The summed E-state index contributed by atoms with van der Waals surface area (Å²) in [6.45, 7) is 3.52. The summed E-state index contributed by atoms with van der Waals surface area (Å²) in [5.41, 5.74) is 3.37. The van der Waals surface area contributed by atoms with Crippen molar-refractivity contribution in [2.45, 2.75) is 19.9 Å². The van der Waals surface area contributed by atoms with E-state index in [-0.39, 0.29) is 5.91 Å². The van der Waals surface area contributed by atoms with Crippen LogP contribution in [0.25, 0.3) is 11.0 Å². The summed E-state index contributed by atoms with van der Waals surface area (Å²) in [4.78, 5) is 18.7. The number of likely N-dealkylation sites (N-methyl/N-ethyl adjacent to an activating group) is 1. The molecule has 0 atom stereocenters. The molecule has 1 amide bonds. The lowest BCUT2D eigenvalue weighted by Crippen LogP contribution is -2.20. The van der Waals surface area contributed by atoms with Crippen LogP contribution in [0.1, 0.15) is 27.4 Å². The average molecular weight is 515 g/mol. The summed E-state index contributed by atoms with van der Waals surface area (Å²) in [5, 5.41) is 4.02. The normalized spacial score (nSPS) is 11.3. The van der Waals surface area contributed by atoms with E-state index in [0.29, 0.717) is 12.1 Å². The third-order valence-corrected chi connectivity index (χ3v) is 5.66. The first-order chi connectivity index (χ1) is 14.5. The molecule has 7 heteroatoms. The zero-order valence-electron chi connectivity index (χ0n) is 16.8. The van der Waals surface area contributed by atoms with Crippen LogP contribution in [0.15, 0.2) is 63.9 Å². The average Bonchev–Trinajstić information content (AvgIpc) is 3.33. The van der Waals surface area contributed by atoms with E-state index in [0.717, 1.165) is 50.3 Å². The molecule has 2 heterocycles. The molecule has 0 aliphatic heterocycles. The summed E-state index contributed by atoms with van der Waals surface area (Å²) < 4.78 is 12.3. The van der Waals surface area contributed by atoms with Gasteiger partial charge < -0.3 is 14.2 Å². The first-order valence-corrected chi connectivity index (χ1v) is 10.7. The highest BCUT2D eigenvalue weighted by Crippen LogP contribution is 2.29.